The molecular formula is C25H28N4O5. The normalized spacial score (nSPS) is 19.6. The summed E-state index contributed by atoms with van der Waals surface area (Å²) < 4.78 is 0. The Bertz CT molecular complexity index is 1150. The molecule has 2 atom stereocenters. The number of carbonyl (C=O) groups is 4. The van der Waals surface area contributed by atoms with Crippen LogP contribution in [-0.4, -0.2) is 65.5 Å². The Kier molecular flexibility index (Phi) is 6.28. The van der Waals surface area contributed by atoms with Crippen molar-refractivity contribution in [2.45, 2.75) is 39.3 Å². The van der Waals surface area contributed by atoms with E-state index in [4.69, 9.17) is 0 Å². The monoisotopic (exact) mass is 464 g/mol. The number of benzene rings is 2. The van der Waals surface area contributed by atoms with E-state index in [1.54, 1.807) is 34.1 Å². The van der Waals surface area contributed by atoms with E-state index in [9.17, 15) is 24.3 Å². The van der Waals surface area contributed by atoms with Crippen molar-refractivity contribution >= 4 is 35.2 Å². The van der Waals surface area contributed by atoms with Gasteiger partial charge >= 0.3 is 6.09 Å². The second kappa shape index (κ2) is 9.17. The average molecular weight is 465 g/mol. The Hall–Kier alpha value is -3.88. The second-order valence-electron chi connectivity index (χ2n) is 8.85. The molecule has 34 heavy (non-hydrogen) atoms. The fourth-order valence-corrected chi connectivity index (χ4v) is 4.80. The minimum absolute atomic E-state index is 0.0225. The third-order valence-corrected chi connectivity index (χ3v) is 6.33. The van der Waals surface area contributed by atoms with Gasteiger partial charge in [0.2, 0.25) is 11.8 Å². The van der Waals surface area contributed by atoms with Gasteiger partial charge in [0.15, 0.2) is 0 Å². The number of hydrogen-bond acceptors (Lipinski definition) is 4. The van der Waals surface area contributed by atoms with Gasteiger partial charge < -0.3 is 20.2 Å². The maximum absolute atomic E-state index is 12.9. The van der Waals surface area contributed by atoms with Crippen LogP contribution in [0.25, 0.3) is 11.1 Å². The summed E-state index contributed by atoms with van der Waals surface area (Å²) in [4.78, 5) is 52.8. The number of nitrogens with zero attached hydrogens (tertiary/aromatic N) is 3. The van der Waals surface area contributed by atoms with Gasteiger partial charge in [-0.3, -0.25) is 19.3 Å². The van der Waals surface area contributed by atoms with Gasteiger partial charge in [0, 0.05) is 45.1 Å². The molecule has 2 heterocycles. The van der Waals surface area contributed by atoms with Crippen molar-refractivity contribution in [1.29, 1.82) is 0 Å². The maximum atomic E-state index is 12.9. The zero-order valence-corrected chi connectivity index (χ0v) is 19.4. The lowest BCUT2D eigenvalue weighted by Gasteiger charge is -2.39. The van der Waals surface area contributed by atoms with Crippen LogP contribution in [0.3, 0.4) is 0 Å². The number of fused-ring (bicyclic) bond motifs is 1. The lowest BCUT2D eigenvalue weighted by atomic mass is 9.99. The van der Waals surface area contributed by atoms with E-state index < -0.39 is 6.09 Å². The van der Waals surface area contributed by atoms with E-state index in [0.29, 0.717) is 30.0 Å². The Morgan fingerprint density at radius 1 is 0.941 bits per heavy atom. The van der Waals surface area contributed by atoms with Gasteiger partial charge in [-0.2, -0.15) is 0 Å². The molecule has 4 amide bonds. The van der Waals surface area contributed by atoms with Crippen LogP contribution in [0.15, 0.2) is 42.5 Å². The Labute approximate surface area is 197 Å². The third-order valence-electron chi connectivity index (χ3n) is 6.33. The summed E-state index contributed by atoms with van der Waals surface area (Å²) in [5.41, 5.74) is 3.18. The minimum Gasteiger partial charge on any atom is -0.465 e. The third kappa shape index (κ3) is 4.46. The first kappa shape index (κ1) is 23.3. The summed E-state index contributed by atoms with van der Waals surface area (Å²) in [5.74, 6) is -0.332. The maximum Gasteiger partial charge on any atom is 0.411 e. The number of likely N-dealkylation sites (tertiary alicyclic amines) is 1. The van der Waals surface area contributed by atoms with Crippen LogP contribution in [0.2, 0.25) is 0 Å². The number of rotatable bonds is 3. The van der Waals surface area contributed by atoms with Crippen molar-refractivity contribution in [2.24, 2.45) is 0 Å². The molecule has 9 nitrogen and oxygen atoms in total. The lowest BCUT2D eigenvalue weighted by molar-refractivity contribution is -0.119. The van der Waals surface area contributed by atoms with Crippen molar-refractivity contribution in [3.05, 3.63) is 48.0 Å². The molecular weight excluding hydrogens is 436 g/mol. The van der Waals surface area contributed by atoms with Gasteiger partial charge in [0.05, 0.1) is 17.4 Å². The highest BCUT2D eigenvalue weighted by molar-refractivity contribution is 6.03. The lowest BCUT2D eigenvalue weighted by Crippen LogP contribution is -2.51. The average Bonchev–Trinajstić information content (AvgIpc) is 3.25. The largest absolute Gasteiger partial charge is 0.465 e. The molecule has 2 aliphatic heterocycles. The van der Waals surface area contributed by atoms with Gasteiger partial charge in [-0.25, -0.2) is 4.79 Å². The van der Waals surface area contributed by atoms with Crippen molar-refractivity contribution in [3.8, 4) is 11.1 Å². The molecule has 0 saturated carbocycles. The fourth-order valence-electron chi connectivity index (χ4n) is 4.80. The van der Waals surface area contributed by atoms with Crippen molar-refractivity contribution in [1.82, 2.24) is 10.2 Å². The highest BCUT2D eigenvalue weighted by Gasteiger charge is 2.34. The zero-order valence-electron chi connectivity index (χ0n) is 19.4. The van der Waals surface area contributed by atoms with E-state index in [0.717, 1.165) is 17.5 Å². The Balaban J connectivity index is 1.57. The highest BCUT2D eigenvalue weighted by atomic mass is 16.4. The highest BCUT2D eigenvalue weighted by Crippen LogP contribution is 2.39. The van der Waals surface area contributed by atoms with Gasteiger partial charge in [0.25, 0.3) is 5.91 Å². The molecule has 2 aliphatic rings. The zero-order chi connectivity index (χ0) is 24.6. The molecule has 4 rings (SSSR count). The molecule has 2 aromatic carbocycles. The van der Waals surface area contributed by atoms with Gasteiger partial charge in [0.1, 0.15) is 0 Å². The fraction of sp³-hybridized carbons (Fsp3) is 0.360. The molecule has 1 saturated heterocycles. The summed E-state index contributed by atoms with van der Waals surface area (Å²) in [7, 11) is 0. The van der Waals surface area contributed by atoms with Crippen molar-refractivity contribution in [2.75, 3.05) is 29.4 Å². The van der Waals surface area contributed by atoms with Crippen LogP contribution in [0.5, 0.6) is 0 Å². The summed E-state index contributed by atoms with van der Waals surface area (Å²) in [6, 6.07) is 12.2. The molecule has 0 unspecified atom stereocenters. The molecule has 0 radical (unpaired) electrons. The second-order valence-corrected chi connectivity index (χ2v) is 8.85. The van der Waals surface area contributed by atoms with Crippen LogP contribution in [0.4, 0.5) is 16.2 Å². The quantitative estimate of drug-likeness (QED) is 0.726. The molecule has 178 valence electrons. The molecule has 2 N–H and O–H groups in total. The smallest absolute Gasteiger partial charge is 0.411 e. The van der Waals surface area contributed by atoms with E-state index in [-0.39, 0.29) is 36.3 Å². The van der Waals surface area contributed by atoms with E-state index in [1.807, 2.05) is 25.1 Å². The SMILES string of the molecule is CC(=O)N[C@H]1CCN(C(=O)c2ccc(-c3ccc4c(c3)N(C(=O)O)C[C@H](C)N4C(C)=O)cc2)C1. The number of nitrogens with one attached hydrogen (secondary N) is 1. The van der Waals surface area contributed by atoms with Crippen molar-refractivity contribution in [3.63, 3.8) is 0 Å². The van der Waals surface area contributed by atoms with Crippen LogP contribution in [0.1, 0.15) is 37.6 Å². The number of hydrogen-bond donors (Lipinski definition) is 2. The van der Waals surface area contributed by atoms with Crippen LogP contribution in [-0.2, 0) is 9.59 Å². The first-order chi connectivity index (χ1) is 16.2. The van der Waals surface area contributed by atoms with Crippen molar-refractivity contribution < 1.29 is 24.3 Å². The standard InChI is InChI=1S/C25H28N4O5/c1-15-13-28(25(33)34)23-12-20(8-9-22(23)29(15)17(3)31)18-4-6-19(7-5-18)24(32)27-11-10-21(14-27)26-16(2)30/h4-9,12,15,21H,10-11,13-14H2,1-3H3,(H,26,30)(H,33,34)/t15-,21-/m0/s1. The first-order valence-corrected chi connectivity index (χ1v) is 11.3. The predicted molar refractivity (Wildman–Crippen MR) is 128 cm³/mol. The van der Waals surface area contributed by atoms with E-state index in [1.165, 1.54) is 18.7 Å². The molecule has 2 aromatic rings. The Morgan fingerprint density at radius 3 is 2.24 bits per heavy atom. The topological polar surface area (TPSA) is 110 Å². The van der Waals surface area contributed by atoms with Crippen LogP contribution in [0, 0.1) is 0 Å². The molecule has 0 aromatic heterocycles. The number of carboxylic acid groups (broad SMARTS) is 1. The summed E-state index contributed by atoms with van der Waals surface area (Å²) in [5, 5.41) is 12.6. The van der Waals surface area contributed by atoms with Crippen LogP contribution < -0.4 is 15.1 Å². The summed E-state index contributed by atoms with van der Waals surface area (Å²) >= 11 is 0. The van der Waals surface area contributed by atoms with Gasteiger partial charge in [-0.15, -0.1) is 0 Å². The number of carbonyl (C=O) groups excluding carboxylic acids is 3. The van der Waals surface area contributed by atoms with Crippen LogP contribution >= 0.6 is 0 Å². The molecule has 0 aliphatic carbocycles. The number of amides is 4. The molecule has 0 bridgehead atoms. The van der Waals surface area contributed by atoms with Gasteiger partial charge in [-0.1, -0.05) is 18.2 Å². The van der Waals surface area contributed by atoms with E-state index in [2.05, 4.69) is 5.32 Å². The Morgan fingerprint density at radius 2 is 1.62 bits per heavy atom. The van der Waals surface area contributed by atoms with E-state index >= 15 is 0 Å². The summed E-state index contributed by atoms with van der Waals surface area (Å²) in [6.07, 6.45) is -0.341. The molecule has 0 spiro atoms. The number of anilines is 2. The minimum atomic E-state index is -1.07. The molecule has 9 heteroatoms. The predicted octanol–water partition coefficient (Wildman–Crippen LogP) is 2.94. The molecule has 1 fully saturated rings. The first-order valence-electron chi connectivity index (χ1n) is 11.3. The summed E-state index contributed by atoms with van der Waals surface area (Å²) in [6.45, 7) is 6.03. The van der Waals surface area contributed by atoms with Gasteiger partial charge in [-0.05, 0) is 48.7 Å².